The number of nitrogens with two attached hydrogens (primary N) is 2. The molecule has 0 fully saturated rings. The lowest BCUT2D eigenvalue weighted by atomic mass is 10.3. The van der Waals surface area contributed by atoms with E-state index in [-0.39, 0.29) is 29.7 Å². The molecule has 0 aliphatic carbocycles. The minimum Gasteiger partial charge on any atom is -0.412 e. The smallest absolute Gasteiger partial charge is 0.284 e. The average Bonchev–Trinajstić information content (AvgIpc) is 2.83. The first kappa shape index (κ1) is 16.9. The molecule has 108 valence electrons. The SMILES string of the molecule is Cc1o[nH]c(=O)c1CN.Cc1o[nH]c(=O)c1CN.O. The van der Waals surface area contributed by atoms with Crippen molar-refractivity contribution in [2.45, 2.75) is 26.9 Å². The predicted molar refractivity (Wildman–Crippen MR) is 67.5 cm³/mol. The largest absolute Gasteiger partial charge is 0.412 e. The number of aryl methyl sites for hydroxylation is 2. The summed E-state index contributed by atoms with van der Waals surface area (Å²) in [6, 6.07) is 0. The molecule has 9 heteroatoms. The fourth-order valence-electron chi connectivity index (χ4n) is 1.28. The lowest BCUT2D eigenvalue weighted by molar-refractivity contribution is 0.391. The second kappa shape index (κ2) is 7.36. The van der Waals surface area contributed by atoms with E-state index >= 15 is 0 Å². The van der Waals surface area contributed by atoms with Crippen LogP contribution in [0.2, 0.25) is 0 Å². The van der Waals surface area contributed by atoms with Crippen LogP contribution >= 0.6 is 0 Å². The van der Waals surface area contributed by atoms with Gasteiger partial charge in [-0.05, 0) is 13.8 Å². The molecule has 0 aliphatic heterocycles. The van der Waals surface area contributed by atoms with Gasteiger partial charge in [0.15, 0.2) is 0 Å². The monoisotopic (exact) mass is 274 g/mol. The van der Waals surface area contributed by atoms with Crippen molar-refractivity contribution in [3.63, 3.8) is 0 Å². The second-order valence-electron chi connectivity index (χ2n) is 3.54. The van der Waals surface area contributed by atoms with Gasteiger partial charge in [0.25, 0.3) is 11.1 Å². The molecule has 0 atom stereocenters. The maximum atomic E-state index is 10.6. The quantitative estimate of drug-likeness (QED) is 0.525. The molecule has 2 aromatic heterocycles. The van der Waals surface area contributed by atoms with E-state index in [1.165, 1.54) is 0 Å². The molecule has 0 aliphatic rings. The molecule has 0 bridgehead atoms. The highest BCUT2D eigenvalue weighted by atomic mass is 16.5. The molecule has 0 aromatic carbocycles. The molecular weight excluding hydrogens is 256 g/mol. The summed E-state index contributed by atoms with van der Waals surface area (Å²) in [5.74, 6) is 1.14. The van der Waals surface area contributed by atoms with E-state index in [4.69, 9.17) is 11.5 Å². The highest BCUT2D eigenvalue weighted by molar-refractivity contribution is 5.11. The van der Waals surface area contributed by atoms with Gasteiger partial charge < -0.3 is 26.0 Å². The van der Waals surface area contributed by atoms with Crippen molar-refractivity contribution in [1.82, 2.24) is 10.3 Å². The summed E-state index contributed by atoms with van der Waals surface area (Å²) in [6.45, 7) is 3.86. The Kier molecular flexibility index (Phi) is 6.55. The van der Waals surface area contributed by atoms with E-state index in [0.717, 1.165) is 0 Å². The third kappa shape index (κ3) is 3.95. The van der Waals surface area contributed by atoms with E-state index in [1.54, 1.807) is 13.8 Å². The highest BCUT2D eigenvalue weighted by Gasteiger charge is 2.04. The molecule has 8 N–H and O–H groups in total. The highest BCUT2D eigenvalue weighted by Crippen LogP contribution is 1.97. The summed E-state index contributed by atoms with van der Waals surface area (Å²) >= 11 is 0. The van der Waals surface area contributed by atoms with Crippen molar-refractivity contribution in [2.24, 2.45) is 11.5 Å². The van der Waals surface area contributed by atoms with Crippen LogP contribution in [0.4, 0.5) is 0 Å². The minimum absolute atomic E-state index is 0. The molecule has 2 heterocycles. The summed E-state index contributed by atoms with van der Waals surface area (Å²) in [5, 5.41) is 4.35. The molecule has 0 saturated heterocycles. The first-order valence-electron chi connectivity index (χ1n) is 5.25. The van der Waals surface area contributed by atoms with Gasteiger partial charge in [0.05, 0.1) is 11.1 Å². The summed E-state index contributed by atoms with van der Waals surface area (Å²) < 4.78 is 9.34. The molecule has 0 saturated carbocycles. The van der Waals surface area contributed by atoms with Gasteiger partial charge in [-0.1, -0.05) is 0 Å². The van der Waals surface area contributed by atoms with Crippen LogP contribution < -0.4 is 22.6 Å². The third-order valence-corrected chi connectivity index (χ3v) is 2.40. The van der Waals surface area contributed by atoms with E-state index in [9.17, 15) is 9.59 Å². The number of hydrogen-bond donors (Lipinski definition) is 4. The zero-order valence-electron chi connectivity index (χ0n) is 10.7. The van der Waals surface area contributed by atoms with Gasteiger partial charge in [-0.15, -0.1) is 0 Å². The molecular formula is C10H18N4O5. The van der Waals surface area contributed by atoms with Crippen LogP contribution in [0.1, 0.15) is 22.6 Å². The fraction of sp³-hybridized carbons (Fsp3) is 0.400. The number of rotatable bonds is 2. The van der Waals surface area contributed by atoms with Crippen LogP contribution in [0.25, 0.3) is 0 Å². The maximum absolute atomic E-state index is 10.6. The summed E-state index contributed by atoms with van der Waals surface area (Å²) in [5.41, 5.74) is 11.0. The Bertz CT molecular complexity index is 552. The Morgan fingerprint density at radius 2 is 1.21 bits per heavy atom. The fourth-order valence-corrected chi connectivity index (χ4v) is 1.28. The van der Waals surface area contributed by atoms with Crippen LogP contribution in [0.15, 0.2) is 18.6 Å². The Hall–Kier alpha value is -2.10. The van der Waals surface area contributed by atoms with Crippen molar-refractivity contribution in [3.05, 3.63) is 43.4 Å². The maximum Gasteiger partial charge on any atom is 0.284 e. The topological polar surface area (TPSA) is 176 Å². The van der Waals surface area contributed by atoms with E-state index in [0.29, 0.717) is 22.6 Å². The predicted octanol–water partition coefficient (Wildman–Crippen LogP) is -1.35. The van der Waals surface area contributed by atoms with Crippen molar-refractivity contribution in [3.8, 4) is 0 Å². The second-order valence-corrected chi connectivity index (χ2v) is 3.54. The van der Waals surface area contributed by atoms with Gasteiger partial charge in [0.1, 0.15) is 11.5 Å². The summed E-state index contributed by atoms with van der Waals surface area (Å²) in [6.07, 6.45) is 0. The molecule has 0 radical (unpaired) electrons. The zero-order chi connectivity index (χ0) is 13.7. The van der Waals surface area contributed by atoms with Crippen LogP contribution in [0.3, 0.4) is 0 Å². The first-order chi connectivity index (χ1) is 8.51. The van der Waals surface area contributed by atoms with Gasteiger partial charge in [-0.3, -0.25) is 9.59 Å². The van der Waals surface area contributed by atoms with Gasteiger partial charge in [-0.25, -0.2) is 0 Å². The lowest BCUT2D eigenvalue weighted by Gasteiger charge is -1.83. The van der Waals surface area contributed by atoms with Gasteiger partial charge in [-0.2, -0.15) is 10.3 Å². The number of aromatic amines is 2. The molecule has 0 amide bonds. The van der Waals surface area contributed by atoms with E-state index < -0.39 is 0 Å². The van der Waals surface area contributed by atoms with Crippen LogP contribution in [0, 0.1) is 13.8 Å². The van der Waals surface area contributed by atoms with Crippen molar-refractivity contribution in [2.75, 3.05) is 0 Å². The van der Waals surface area contributed by atoms with Gasteiger partial charge in [0, 0.05) is 13.1 Å². The van der Waals surface area contributed by atoms with Crippen LogP contribution in [-0.2, 0) is 13.1 Å². The Morgan fingerprint density at radius 3 is 1.32 bits per heavy atom. The average molecular weight is 274 g/mol. The number of H-pyrrole nitrogens is 2. The zero-order valence-corrected chi connectivity index (χ0v) is 10.7. The number of hydrogen-bond acceptors (Lipinski definition) is 6. The van der Waals surface area contributed by atoms with Crippen molar-refractivity contribution in [1.29, 1.82) is 0 Å². The Morgan fingerprint density at radius 1 is 0.895 bits per heavy atom. The molecule has 2 aromatic rings. The molecule has 9 nitrogen and oxygen atoms in total. The third-order valence-electron chi connectivity index (χ3n) is 2.40. The van der Waals surface area contributed by atoms with Gasteiger partial charge in [0.2, 0.25) is 0 Å². The normalized spacial score (nSPS) is 9.47. The summed E-state index contributed by atoms with van der Waals surface area (Å²) in [7, 11) is 0. The molecule has 2 rings (SSSR count). The molecule has 0 spiro atoms. The van der Waals surface area contributed by atoms with E-state index in [1.807, 2.05) is 0 Å². The number of aromatic nitrogens is 2. The van der Waals surface area contributed by atoms with Crippen LogP contribution in [-0.4, -0.2) is 15.8 Å². The minimum atomic E-state index is -0.227. The number of nitrogens with one attached hydrogen (secondary N) is 2. The Labute approximate surface area is 107 Å². The Balaban J connectivity index is 0.000000324. The molecule has 19 heavy (non-hydrogen) atoms. The van der Waals surface area contributed by atoms with Crippen molar-refractivity contribution < 1.29 is 14.5 Å². The van der Waals surface area contributed by atoms with E-state index in [2.05, 4.69) is 19.4 Å². The summed E-state index contributed by atoms with van der Waals surface area (Å²) in [4.78, 5) is 21.3. The van der Waals surface area contributed by atoms with Crippen molar-refractivity contribution >= 4 is 0 Å². The van der Waals surface area contributed by atoms with Crippen LogP contribution in [0.5, 0.6) is 0 Å². The lowest BCUT2D eigenvalue weighted by Crippen LogP contribution is -2.10. The first-order valence-corrected chi connectivity index (χ1v) is 5.25. The molecule has 0 unspecified atom stereocenters. The van der Waals surface area contributed by atoms with Gasteiger partial charge >= 0.3 is 0 Å². The standard InChI is InChI=1S/2C5H8N2O2.H2O/c2*1-3-4(2-6)5(8)7-9-3;/h2*2,6H2,1H3,(H,7,8);1H2.